The Hall–Kier alpha value is -3.50. The van der Waals surface area contributed by atoms with Crippen LogP contribution in [0.3, 0.4) is 0 Å². The lowest BCUT2D eigenvalue weighted by Crippen LogP contribution is -2.27. The summed E-state index contributed by atoms with van der Waals surface area (Å²) in [5.41, 5.74) is 4.06. The summed E-state index contributed by atoms with van der Waals surface area (Å²) in [6.45, 7) is 3.56. The number of hydrogen-bond acceptors (Lipinski definition) is 6. The highest BCUT2D eigenvalue weighted by Crippen LogP contribution is 2.29. The van der Waals surface area contributed by atoms with Crippen LogP contribution in [0.4, 0.5) is 10.2 Å². The molecule has 0 spiro atoms. The van der Waals surface area contributed by atoms with Gasteiger partial charge in [-0.2, -0.15) is 4.39 Å². The average Bonchev–Trinajstić information content (AvgIpc) is 3.13. The molecule has 1 aliphatic heterocycles. The van der Waals surface area contributed by atoms with Gasteiger partial charge >= 0.3 is 5.76 Å². The predicted octanol–water partition coefficient (Wildman–Crippen LogP) is 3.18. The third-order valence-electron chi connectivity index (χ3n) is 5.87. The second-order valence-electron chi connectivity index (χ2n) is 7.91. The minimum absolute atomic E-state index is 0.129. The zero-order valence-corrected chi connectivity index (χ0v) is 18.5. The van der Waals surface area contributed by atoms with Gasteiger partial charge in [-0.05, 0) is 60.8 Å². The van der Waals surface area contributed by atoms with Crippen molar-refractivity contribution in [2.75, 3.05) is 11.3 Å². The summed E-state index contributed by atoms with van der Waals surface area (Å²) >= 11 is 0. The maximum atomic E-state index is 13.3. The fourth-order valence-electron chi connectivity index (χ4n) is 4.28. The Morgan fingerprint density at radius 1 is 1.18 bits per heavy atom. The van der Waals surface area contributed by atoms with E-state index in [1.807, 2.05) is 19.1 Å². The molecule has 0 saturated carbocycles. The molecule has 0 aliphatic carbocycles. The molecule has 1 aliphatic rings. The van der Waals surface area contributed by atoms with Crippen molar-refractivity contribution in [2.24, 2.45) is 0 Å². The molecule has 0 amide bonds. The summed E-state index contributed by atoms with van der Waals surface area (Å²) in [5, 5.41) is 3.37. The van der Waals surface area contributed by atoms with Crippen LogP contribution in [-0.4, -0.2) is 24.5 Å². The molecule has 5 rings (SSSR count). The highest BCUT2D eigenvalue weighted by atomic mass is 32.2. The first-order chi connectivity index (χ1) is 15.8. The summed E-state index contributed by atoms with van der Waals surface area (Å²) in [6, 6.07) is 13.8. The summed E-state index contributed by atoms with van der Waals surface area (Å²) < 4.78 is 48.0. The number of benzene rings is 2. The van der Waals surface area contributed by atoms with E-state index < -0.39 is 21.7 Å². The minimum Gasteiger partial charge on any atom is -0.408 e. The number of anilines is 1. The molecule has 2 aromatic heterocycles. The molecule has 0 unspecified atom stereocenters. The summed E-state index contributed by atoms with van der Waals surface area (Å²) in [6.07, 6.45) is 0.922. The van der Waals surface area contributed by atoms with Crippen LogP contribution in [0.25, 0.3) is 11.1 Å². The number of sulfonamides is 1. The highest BCUT2D eigenvalue weighted by Gasteiger charge is 2.23. The first-order valence-corrected chi connectivity index (χ1v) is 11.9. The van der Waals surface area contributed by atoms with E-state index in [9.17, 15) is 17.6 Å². The molecular weight excluding hydrogens is 447 g/mol. The molecule has 2 aromatic carbocycles. The van der Waals surface area contributed by atoms with Crippen molar-refractivity contribution in [1.82, 2.24) is 14.9 Å². The van der Waals surface area contributed by atoms with Crippen molar-refractivity contribution in [3.8, 4) is 0 Å². The molecule has 1 atom stereocenters. The van der Waals surface area contributed by atoms with Crippen molar-refractivity contribution in [1.29, 1.82) is 0 Å². The third-order valence-corrected chi connectivity index (χ3v) is 7.22. The fourth-order valence-corrected chi connectivity index (χ4v) is 5.30. The molecular formula is C23H21FN4O4S. The summed E-state index contributed by atoms with van der Waals surface area (Å²) in [5.74, 6) is -1.53. The van der Waals surface area contributed by atoms with Gasteiger partial charge in [-0.15, -0.1) is 0 Å². The molecule has 170 valence electrons. The SMILES string of the molecule is C[C@H](c1cccc2c1CNCC2)n1c(=O)oc2cc(S(=O)(=O)Nc3cccc(F)n3)ccc21. The number of pyridine rings is 1. The normalized spacial score (nSPS) is 14.7. The molecule has 33 heavy (non-hydrogen) atoms. The van der Waals surface area contributed by atoms with Crippen LogP contribution < -0.4 is 15.8 Å². The van der Waals surface area contributed by atoms with Gasteiger partial charge in [0.2, 0.25) is 5.95 Å². The largest absolute Gasteiger partial charge is 0.420 e. The predicted molar refractivity (Wildman–Crippen MR) is 121 cm³/mol. The smallest absolute Gasteiger partial charge is 0.408 e. The van der Waals surface area contributed by atoms with Gasteiger partial charge in [0, 0.05) is 12.6 Å². The first kappa shape index (κ1) is 21.4. The Morgan fingerprint density at radius 3 is 2.82 bits per heavy atom. The van der Waals surface area contributed by atoms with Gasteiger partial charge in [-0.25, -0.2) is 18.2 Å². The molecule has 10 heteroatoms. The Kier molecular flexibility index (Phi) is 5.26. The monoisotopic (exact) mass is 468 g/mol. The molecule has 8 nitrogen and oxygen atoms in total. The Morgan fingerprint density at radius 2 is 2.00 bits per heavy atom. The van der Waals surface area contributed by atoms with Crippen molar-refractivity contribution in [2.45, 2.75) is 30.8 Å². The Bertz CT molecular complexity index is 1530. The van der Waals surface area contributed by atoms with E-state index in [4.69, 9.17) is 4.42 Å². The standard InChI is InChI=1S/C23H21FN4O4S/c1-14(17-5-2-4-15-10-11-25-13-18(15)17)28-19-9-8-16(12-20(19)32-23(28)29)33(30,31)27-22-7-3-6-21(24)26-22/h2-9,12,14,25H,10-11,13H2,1H3,(H,26,27)/t14-/m1/s1. The summed E-state index contributed by atoms with van der Waals surface area (Å²) in [7, 11) is -4.07. The van der Waals surface area contributed by atoms with Crippen LogP contribution in [0.15, 0.2) is 68.7 Å². The highest BCUT2D eigenvalue weighted by molar-refractivity contribution is 7.92. The van der Waals surface area contributed by atoms with Crippen molar-refractivity contribution >= 4 is 26.9 Å². The molecule has 2 N–H and O–H groups in total. The number of halogens is 1. The van der Waals surface area contributed by atoms with Crippen LogP contribution in [0.1, 0.15) is 29.7 Å². The molecule has 0 fully saturated rings. The van der Waals surface area contributed by atoms with Gasteiger partial charge in [-0.1, -0.05) is 24.3 Å². The second kappa shape index (κ2) is 8.13. The van der Waals surface area contributed by atoms with E-state index in [1.165, 1.54) is 46.0 Å². The fraction of sp³-hybridized carbons (Fsp3) is 0.217. The summed E-state index contributed by atoms with van der Waals surface area (Å²) in [4.78, 5) is 16.2. The van der Waals surface area contributed by atoms with E-state index in [2.05, 4.69) is 21.1 Å². The number of nitrogens with one attached hydrogen (secondary N) is 2. The topological polar surface area (TPSA) is 106 Å². The molecule has 0 saturated heterocycles. The Balaban J connectivity index is 1.53. The van der Waals surface area contributed by atoms with E-state index >= 15 is 0 Å². The number of rotatable bonds is 5. The van der Waals surface area contributed by atoms with Crippen LogP contribution in [0.5, 0.6) is 0 Å². The van der Waals surface area contributed by atoms with Gasteiger partial charge in [0.25, 0.3) is 10.0 Å². The minimum atomic E-state index is -4.07. The zero-order chi connectivity index (χ0) is 23.2. The van der Waals surface area contributed by atoms with Crippen molar-refractivity contribution in [3.05, 3.63) is 87.8 Å². The van der Waals surface area contributed by atoms with Gasteiger partial charge in [0.15, 0.2) is 5.58 Å². The molecule has 3 heterocycles. The number of aromatic nitrogens is 2. The van der Waals surface area contributed by atoms with Gasteiger partial charge in [-0.3, -0.25) is 9.29 Å². The van der Waals surface area contributed by atoms with Gasteiger partial charge < -0.3 is 9.73 Å². The molecule has 0 bridgehead atoms. The third kappa shape index (κ3) is 3.91. The number of hydrogen-bond donors (Lipinski definition) is 2. The first-order valence-electron chi connectivity index (χ1n) is 10.5. The van der Waals surface area contributed by atoms with Gasteiger partial charge in [0.05, 0.1) is 16.5 Å². The lowest BCUT2D eigenvalue weighted by atomic mass is 9.92. The van der Waals surface area contributed by atoms with E-state index in [1.54, 1.807) is 0 Å². The molecule has 0 radical (unpaired) electrons. The van der Waals surface area contributed by atoms with Crippen LogP contribution >= 0.6 is 0 Å². The zero-order valence-electron chi connectivity index (χ0n) is 17.7. The number of fused-ring (bicyclic) bond motifs is 2. The van der Waals surface area contributed by atoms with E-state index in [-0.39, 0.29) is 22.3 Å². The second-order valence-corrected chi connectivity index (χ2v) is 9.59. The lowest BCUT2D eigenvalue weighted by molar-refractivity contribution is 0.486. The number of oxazole rings is 1. The van der Waals surface area contributed by atoms with E-state index in [0.29, 0.717) is 5.52 Å². The maximum absolute atomic E-state index is 13.3. The quantitative estimate of drug-likeness (QED) is 0.436. The maximum Gasteiger partial charge on any atom is 0.420 e. The average molecular weight is 469 g/mol. The van der Waals surface area contributed by atoms with Crippen LogP contribution in [-0.2, 0) is 23.0 Å². The van der Waals surface area contributed by atoms with Crippen molar-refractivity contribution in [3.63, 3.8) is 0 Å². The number of nitrogens with zero attached hydrogens (tertiary/aromatic N) is 2. The van der Waals surface area contributed by atoms with Crippen LogP contribution in [0.2, 0.25) is 0 Å². The van der Waals surface area contributed by atoms with Gasteiger partial charge in [0.1, 0.15) is 5.82 Å². The van der Waals surface area contributed by atoms with E-state index in [0.717, 1.165) is 31.1 Å². The van der Waals surface area contributed by atoms with Crippen molar-refractivity contribution < 1.29 is 17.2 Å². The van der Waals surface area contributed by atoms with Crippen LogP contribution in [0, 0.1) is 5.95 Å². The molecule has 4 aromatic rings. The Labute approximate surface area is 189 Å². The lowest BCUT2D eigenvalue weighted by Gasteiger charge is -2.24.